The molecule has 5 nitrogen and oxygen atoms in total. The first kappa shape index (κ1) is 19.0. The van der Waals surface area contributed by atoms with Gasteiger partial charge in [0.05, 0.1) is 25.4 Å². The molecule has 0 spiro atoms. The van der Waals surface area contributed by atoms with Crippen LogP contribution in [0.15, 0.2) is 53.1 Å². The molecule has 5 heteroatoms. The second-order valence-electron chi connectivity index (χ2n) is 7.72. The number of benzene rings is 1. The van der Waals surface area contributed by atoms with Crippen LogP contribution in [0.25, 0.3) is 0 Å². The fraction of sp³-hybridized carbons (Fsp3) is 0.435. The summed E-state index contributed by atoms with van der Waals surface area (Å²) in [4.78, 5) is 2.42. The van der Waals surface area contributed by atoms with Crippen LogP contribution < -0.4 is 0 Å². The molecule has 1 aliphatic rings. The molecule has 1 atom stereocenters. The van der Waals surface area contributed by atoms with Crippen molar-refractivity contribution in [3.8, 4) is 0 Å². The number of aromatic nitrogens is 2. The molecular weight excluding hydrogens is 350 g/mol. The van der Waals surface area contributed by atoms with E-state index < -0.39 is 0 Å². The van der Waals surface area contributed by atoms with Crippen LogP contribution in [0, 0.1) is 13.8 Å². The summed E-state index contributed by atoms with van der Waals surface area (Å²) in [6, 6.07) is 14.6. The predicted octanol–water partition coefficient (Wildman–Crippen LogP) is 4.32. The number of ether oxygens (including phenoxy) is 1. The van der Waals surface area contributed by atoms with Gasteiger partial charge in [-0.05, 0) is 44.4 Å². The Labute approximate surface area is 166 Å². The summed E-state index contributed by atoms with van der Waals surface area (Å²) < 4.78 is 13.8. The lowest BCUT2D eigenvalue weighted by molar-refractivity contribution is 0.0653. The molecule has 0 saturated carbocycles. The lowest BCUT2D eigenvalue weighted by atomic mass is 10.2. The molecule has 0 radical (unpaired) electrons. The number of nitrogens with zero attached hydrogens (tertiary/aromatic N) is 3. The summed E-state index contributed by atoms with van der Waals surface area (Å²) in [6.45, 7) is 8.39. The van der Waals surface area contributed by atoms with Crippen molar-refractivity contribution >= 4 is 0 Å². The zero-order valence-electron chi connectivity index (χ0n) is 16.8. The van der Waals surface area contributed by atoms with Crippen LogP contribution in [0.3, 0.4) is 0 Å². The molecule has 0 amide bonds. The third-order valence-electron chi connectivity index (χ3n) is 5.44. The van der Waals surface area contributed by atoms with Crippen molar-refractivity contribution in [1.29, 1.82) is 0 Å². The van der Waals surface area contributed by atoms with Gasteiger partial charge in [0.2, 0.25) is 0 Å². The second kappa shape index (κ2) is 8.76. The van der Waals surface area contributed by atoms with Gasteiger partial charge in [0.1, 0.15) is 11.5 Å². The van der Waals surface area contributed by atoms with Gasteiger partial charge >= 0.3 is 0 Å². The summed E-state index contributed by atoms with van der Waals surface area (Å²) in [7, 11) is 0. The maximum Gasteiger partial charge on any atom is 0.118 e. The first-order chi connectivity index (χ1) is 13.7. The van der Waals surface area contributed by atoms with Gasteiger partial charge in [0.15, 0.2) is 0 Å². The van der Waals surface area contributed by atoms with Gasteiger partial charge in [0.25, 0.3) is 0 Å². The highest BCUT2D eigenvalue weighted by molar-refractivity contribution is 5.20. The molecule has 0 bridgehead atoms. The van der Waals surface area contributed by atoms with E-state index in [2.05, 4.69) is 51.9 Å². The van der Waals surface area contributed by atoms with E-state index in [-0.39, 0.29) is 0 Å². The van der Waals surface area contributed by atoms with Crippen LogP contribution in [0.1, 0.15) is 41.2 Å². The van der Waals surface area contributed by atoms with Crippen molar-refractivity contribution in [3.63, 3.8) is 0 Å². The van der Waals surface area contributed by atoms with E-state index in [1.165, 1.54) is 16.8 Å². The van der Waals surface area contributed by atoms with Gasteiger partial charge in [-0.1, -0.05) is 30.3 Å². The Balaban J connectivity index is 1.47. The quantitative estimate of drug-likeness (QED) is 0.585. The smallest absolute Gasteiger partial charge is 0.118 e. The molecule has 1 saturated heterocycles. The average Bonchev–Trinajstić information content (AvgIpc) is 3.42. The Kier molecular flexibility index (Phi) is 5.93. The maximum atomic E-state index is 5.89. The number of hydrogen-bond donors (Lipinski definition) is 0. The number of hydrogen-bond acceptors (Lipinski definition) is 4. The molecule has 1 aromatic carbocycles. The van der Waals surface area contributed by atoms with Gasteiger partial charge in [-0.2, -0.15) is 5.10 Å². The van der Waals surface area contributed by atoms with Gasteiger partial charge < -0.3 is 9.15 Å². The molecule has 3 aromatic rings. The highest BCUT2D eigenvalue weighted by atomic mass is 16.5. The standard InChI is InChI=1S/C23H29N3O2/c1-18-10-11-23(28-18)17-25(16-22-9-6-12-27-22)15-21-13-24-26(19(21)2)14-20-7-4-3-5-8-20/h3-5,7-8,10-11,13,22H,6,9,12,14-17H2,1-2H3. The second-order valence-corrected chi connectivity index (χ2v) is 7.72. The summed E-state index contributed by atoms with van der Waals surface area (Å²) in [5.74, 6) is 1.96. The van der Waals surface area contributed by atoms with Gasteiger partial charge in [-0.3, -0.25) is 9.58 Å². The van der Waals surface area contributed by atoms with E-state index >= 15 is 0 Å². The Morgan fingerprint density at radius 3 is 2.68 bits per heavy atom. The van der Waals surface area contributed by atoms with Crippen molar-refractivity contribution in [3.05, 3.63) is 77.0 Å². The van der Waals surface area contributed by atoms with Crippen LogP contribution >= 0.6 is 0 Å². The molecule has 0 aliphatic carbocycles. The number of aryl methyl sites for hydroxylation is 1. The van der Waals surface area contributed by atoms with Crippen molar-refractivity contribution in [2.45, 2.75) is 52.4 Å². The van der Waals surface area contributed by atoms with E-state index in [4.69, 9.17) is 9.15 Å². The van der Waals surface area contributed by atoms with E-state index in [1.54, 1.807) is 0 Å². The molecule has 1 fully saturated rings. The first-order valence-electron chi connectivity index (χ1n) is 10.1. The largest absolute Gasteiger partial charge is 0.465 e. The molecular formula is C23H29N3O2. The Bertz CT molecular complexity index is 878. The van der Waals surface area contributed by atoms with Gasteiger partial charge in [-0.15, -0.1) is 0 Å². The SMILES string of the molecule is Cc1ccc(CN(Cc2cnn(Cc3ccccc3)c2C)CC2CCCO2)o1. The minimum Gasteiger partial charge on any atom is -0.465 e. The van der Waals surface area contributed by atoms with Crippen LogP contribution in [-0.4, -0.2) is 33.9 Å². The lowest BCUT2D eigenvalue weighted by Crippen LogP contribution is -2.31. The average molecular weight is 380 g/mol. The third kappa shape index (κ3) is 4.72. The van der Waals surface area contributed by atoms with Crippen LogP contribution in [0.5, 0.6) is 0 Å². The van der Waals surface area contributed by atoms with Crippen molar-refractivity contribution in [1.82, 2.24) is 14.7 Å². The van der Waals surface area contributed by atoms with Gasteiger partial charge in [0, 0.05) is 31.0 Å². The number of furan rings is 1. The van der Waals surface area contributed by atoms with E-state index in [1.807, 2.05) is 25.3 Å². The summed E-state index contributed by atoms with van der Waals surface area (Å²) in [5, 5.41) is 4.64. The first-order valence-corrected chi connectivity index (χ1v) is 10.1. The molecule has 0 N–H and O–H groups in total. The fourth-order valence-corrected chi connectivity index (χ4v) is 3.85. The zero-order valence-corrected chi connectivity index (χ0v) is 16.8. The minimum atomic E-state index is 0.315. The topological polar surface area (TPSA) is 43.4 Å². The zero-order chi connectivity index (χ0) is 19.3. The van der Waals surface area contributed by atoms with E-state index in [9.17, 15) is 0 Å². The monoisotopic (exact) mass is 379 g/mol. The van der Waals surface area contributed by atoms with Crippen molar-refractivity contribution in [2.75, 3.05) is 13.2 Å². The van der Waals surface area contributed by atoms with Crippen molar-refractivity contribution in [2.24, 2.45) is 0 Å². The molecule has 2 aromatic heterocycles. The summed E-state index contributed by atoms with van der Waals surface area (Å²) >= 11 is 0. The summed E-state index contributed by atoms with van der Waals surface area (Å²) in [6.07, 6.45) is 4.62. The van der Waals surface area contributed by atoms with Crippen LogP contribution in [-0.2, 0) is 24.4 Å². The molecule has 4 rings (SSSR count). The normalized spacial score (nSPS) is 16.9. The lowest BCUT2D eigenvalue weighted by Gasteiger charge is -2.24. The van der Waals surface area contributed by atoms with Crippen LogP contribution in [0.2, 0.25) is 0 Å². The molecule has 148 valence electrons. The third-order valence-corrected chi connectivity index (χ3v) is 5.44. The summed E-state index contributed by atoms with van der Waals surface area (Å²) in [5.41, 5.74) is 3.75. The Morgan fingerprint density at radius 1 is 1.11 bits per heavy atom. The molecule has 28 heavy (non-hydrogen) atoms. The van der Waals surface area contributed by atoms with E-state index in [0.717, 1.165) is 57.1 Å². The highest BCUT2D eigenvalue weighted by Gasteiger charge is 2.21. The Hall–Kier alpha value is -2.37. The molecule has 1 aliphatic heterocycles. The van der Waals surface area contributed by atoms with Crippen molar-refractivity contribution < 1.29 is 9.15 Å². The number of rotatable bonds is 8. The van der Waals surface area contributed by atoms with Crippen LogP contribution in [0.4, 0.5) is 0 Å². The molecule has 1 unspecified atom stereocenters. The predicted molar refractivity (Wildman–Crippen MR) is 109 cm³/mol. The maximum absolute atomic E-state index is 5.89. The highest BCUT2D eigenvalue weighted by Crippen LogP contribution is 2.20. The van der Waals surface area contributed by atoms with E-state index in [0.29, 0.717) is 6.10 Å². The van der Waals surface area contributed by atoms with Gasteiger partial charge in [-0.25, -0.2) is 0 Å². The Morgan fingerprint density at radius 2 is 1.96 bits per heavy atom. The fourth-order valence-electron chi connectivity index (χ4n) is 3.85. The molecule has 3 heterocycles. The minimum absolute atomic E-state index is 0.315.